The van der Waals surface area contributed by atoms with Crippen molar-refractivity contribution in [3.05, 3.63) is 23.8 Å². The number of nitriles is 1. The molecule has 20 heavy (non-hydrogen) atoms. The quantitative estimate of drug-likeness (QED) is 0.812. The van der Waals surface area contributed by atoms with Gasteiger partial charge in [-0.05, 0) is 12.1 Å². The SMILES string of the molecule is COc1cc(C#N)ccc1OCC(=O)N(C)CC(=O)O. The van der Waals surface area contributed by atoms with Crippen LogP contribution in [0.5, 0.6) is 11.5 Å². The third-order valence-corrected chi connectivity index (χ3v) is 2.44. The lowest BCUT2D eigenvalue weighted by Gasteiger charge is -2.16. The fourth-order valence-electron chi connectivity index (χ4n) is 1.40. The smallest absolute Gasteiger partial charge is 0.323 e. The van der Waals surface area contributed by atoms with Gasteiger partial charge in [-0.25, -0.2) is 0 Å². The molecule has 7 heteroatoms. The molecule has 0 atom stereocenters. The summed E-state index contributed by atoms with van der Waals surface area (Å²) < 4.78 is 10.3. The van der Waals surface area contributed by atoms with Gasteiger partial charge in [-0.15, -0.1) is 0 Å². The van der Waals surface area contributed by atoms with E-state index in [1.807, 2.05) is 6.07 Å². The van der Waals surface area contributed by atoms with E-state index < -0.39 is 18.4 Å². The minimum Gasteiger partial charge on any atom is -0.493 e. The zero-order valence-corrected chi connectivity index (χ0v) is 11.1. The number of benzene rings is 1. The highest BCUT2D eigenvalue weighted by molar-refractivity contribution is 5.82. The lowest BCUT2D eigenvalue weighted by atomic mass is 10.2. The van der Waals surface area contributed by atoms with Crippen molar-refractivity contribution in [3.8, 4) is 17.6 Å². The zero-order valence-electron chi connectivity index (χ0n) is 11.1. The maximum absolute atomic E-state index is 11.6. The van der Waals surface area contributed by atoms with E-state index in [1.54, 1.807) is 0 Å². The molecule has 0 saturated carbocycles. The van der Waals surface area contributed by atoms with E-state index in [1.165, 1.54) is 32.4 Å². The van der Waals surface area contributed by atoms with Gasteiger partial charge in [-0.2, -0.15) is 5.26 Å². The van der Waals surface area contributed by atoms with E-state index in [0.29, 0.717) is 17.1 Å². The number of carbonyl (C=O) groups is 2. The molecule has 106 valence electrons. The lowest BCUT2D eigenvalue weighted by molar-refractivity contribution is -0.144. The van der Waals surface area contributed by atoms with Gasteiger partial charge < -0.3 is 19.5 Å². The lowest BCUT2D eigenvalue weighted by Crippen LogP contribution is -2.35. The van der Waals surface area contributed by atoms with Crippen LogP contribution in [0.1, 0.15) is 5.56 Å². The van der Waals surface area contributed by atoms with Gasteiger partial charge in [0.05, 0.1) is 18.7 Å². The second kappa shape index (κ2) is 6.99. The molecule has 0 unspecified atom stereocenters. The minimum absolute atomic E-state index is 0.309. The van der Waals surface area contributed by atoms with Gasteiger partial charge in [-0.1, -0.05) is 0 Å². The van der Waals surface area contributed by atoms with Crippen LogP contribution in [0.3, 0.4) is 0 Å². The van der Waals surface area contributed by atoms with Gasteiger partial charge in [0.25, 0.3) is 5.91 Å². The number of nitrogens with zero attached hydrogens (tertiary/aromatic N) is 2. The van der Waals surface area contributed by atoms with Gasteiger partial charge in [-0.3, -0.25) is 9.59 Å². The molecule has 0 aliphatic rings. The van der Waals surface area contributed by atoms with Crippen LogP contribution in [0.2, 0.25) is 0 Å². The molecule has 0 bridgehead atoms. The summed E-state index contributed by atoms with van der Waals surface area (Å²) in [6, 6.07) is 6.49. The number of carboxylic acid groups (broad SMARTS) is 1. The maximum Gasteiger partial charge on any atom is 0.323 e. The third kappa shape index (κ3) is 4.17. The largest absolute Gasteiger partial charge is 0.493 e. The van der Waals surface area contributed by atoms with E-state index in [-0.39, 0.29) is 6.61 Å². The highest BCUT2D eigenvalue weighted by atomic mass is 16.5. The minimum atomic E-state index is -1.10. The topological polar surface area (TPSA) is 99.9 Å². The first-order valence-corrected chi connectivity index (χ1v) is 5.64. The average molecular weight is 278 g/mol. The van der Waals surface area contributed by atoms with E-state index in [4.69, 9.17) is 19.8 Å². The number of amides is 1. The predicted molar refractivity (Wildman–Crippen MR) is 68.5 cm³/mol. The number of carbonyl (C=O) groups excluding carboxylic acids is 1. The van der Waals surface area contributed by atoms with Crippen LogP contribution in [0.25, 0.3) is 0 Å². The van der Waals surface area contributed by atoms with Crippen molar-refractivity contribution in [1.82, 2.24) is 4.90 Å². The Bertz CT molecular complexity index is 550. The summed E-state index contributed by atoms with van der Waals surface area (Å²) in [4.78, 5) is 23.1. The van der Waals surface area contributed by atoms with Crippen LogP contribution in [0.15, 0.2) is 18.2 Å². The van der Waals surface area contributed by atoms with Crippen LogP contribution >= 0.6 is 0 Å². The van der Waals surface area contributed by atoms with Crippen molar-refractivity contribution in [2.45, 2.75) is 0 Å². The molecule has 0 aromatic heterocycles. The molecule has 7 nitrogen and oxygen atoms in total. The number of aliphatic carboxylic acids is 1. The first-order chi connectivity index (χ1) is 9.47. The molecular weight excluding hydrogens is 264 g/mol. The standard InChI is InChI=1S/C13H14N2O5/c1-15(7-13(17)18)12(16)8-20-10-4-3-9(6-14)5-11(10)19-2/h3-5H,7-8H2,1-2H3,(H,17,18). The number of carboxylic acids is 1. The monoisotopic (exact) mass is 278 g/mol. The van der Waals surface area contributed by atoms with Crippen LogP contribution in [0, 0.1) is 11.3 Å². The van der Waals surface area contributed by atoms with E-state index in [9.17, 15) is 9.59 Å². The maximum atomic E-state index is 11.6. The molecule has 0 aliphatic carbocycles. The molecule has 0 saturated heterocycles. The third-order valence-electron chi connectivity index (χ3n) is 2.44. The van der Waals surface area contributed by atoms with Crippen LogP contribution in [-0.2, 0) is 9.59 Å². The Balaban J connectivity index is 2.68. The Kier molecular flexibility index (Phi) is 5.35. The number of rotatable bonds is 6. The molecule has 1 rings (SSSR count). The van der Waals surface area contributed by atoms with Crippen molar-refractivity contribution in [2.75, 3.05) is 27.3 Å². The molecular formula is C13H14N2O5. The van der Waals surface area contributed by atoms with Crippen molar-refractivity contribution in [1.29, 1.82) is 5.26 Å². The van der Waals surface area contributed by atoms with Gasteiger partial charge in [0, 0.05) is 13.1 Å². The highest BCUT2D eigenvalue weighted by Crippen LogP contribution is 2.27. The molecule has 1 aromatic carbocycles. The van der Waals surface area contributed by atoms with Crippen molar-refractivity contribution >= 4 is 11.9 Å². The van der Waals surface area contributed by atoms with Crippen molar-refractivity contribution < 1.29 is 24.2 Å². The fraction of sp³-hybridized carbons (Fsp3) is 0.308. The summed E-state index contributed by atoms with van der Waals surface area (Å²) in [5, 5.41) is 17.3. The molecule has 0 radical (unpaired) electrons. The van der Waals surface area contributed by atoms with Gasteiger partial charge in [0.2, 0.25) is 0 Å². The number of likely N-dealkylation sites (N-methyl/N-ethyl adjacent to an activating group) is 1. The number of hydrogen-bond acceptors (Lipinski definition) is 5. The number of ether oxygens (including phenoxy) is 2. The predicted octanol–water partition coefficient (Wildman–Crippen LogP) is 0.489. The summed E-state index contributed by atoms with van der Waals surface area (Å²) in [6.07, 6.45) is 0. The normalized spacial score (nSPS) is 9.45. The molecule has 0 fully saturated rings. The molecule has 1 N–H and O–H groups in total. The molecule has 1 aromatic rings. The van der Waals surface area contributed by atoms with Crippen molar-refractivity contribution in [2.24, 2.45) is 0 Å². The van der Waals surface area contributed by atoms with Crippen LogP contribution in [0.4, 0.5) is 0 Å². The molecule has 0 spiro atoms. The molecule has 1 amide bonds. The number of hydrogen-bond donors (Lipinski definition) is 1. The van der Waals surface area contributed by atoms with Gasteiger partial charge in [0.1, 0.15) is 6.54 Å². The first kappa shape index (κ1) is 15.3. The first-order valence-electron chi connectivity index (χ1n) is 5.64. The zero-order chi connectivity index (χ0) is 15.1. The fourth-order valence-corrected chi connectivity index (χ4v) is 1.40. The second-order valence-electron chi connectivity index (χ2n) is 3.91. The van der Waals surface area contributed by atoms with Gasteiger partial charge in [0.15, 0.2) is 18.1 Å². The summed E-state index contributed by atoms with van der Waals surface area (Å²) in [5.74, 6) is -0.933. The Morgan fingerprint density at radius 1 is 1.40 bits per heavy atom. The summed E-state index contributed by atoms with van der Waals surface area (Å²) in [5.41, 5.74) is 0.406. The Labute approximate surface area is 115 Å². The Morgan fingerprint density at radius 2 is 2.10 bits per heavy atom. The van der Waals surface area contributed by atoms with Crippen LogP contribution in [-0.4, -0.2) is 49.2 Å². The average Bonchev–Trinajstić information content (AvgIpc) is 2.43. The van der Waals surface area contributed by atoms with E-state index in [2.05, 4.69) is 0 Å². The molecule has 0 heterocycles. The summed E-state index contributed by atoms with van der Waals surface area (Å²) >= 11 is 0. The second-order valence-corrected chi connectivity index (χ2v) is 3.91. The van der Waals surface area contributed by atoms with E-state index in [0.717, 1.165) is 4.90 Å². The molecule has 0 aliphatic heterocycles. The highest BCUT2D eigenvalue weighted by Gasteiger charge is 2.14. The summed E-state index contributed by atoms with van der Waals surface area (Å²) in [7, 11) is 2.79. The Hall–Kier alpha value is -2.75. The Morgan fingerprint density at radius 3 is 2.65 bits per heavy atom. The van der Waals surface area contributed by atoms with E-state index >= 15 is 0 Å². The van der Waals surface area contributed by atoms with Gasteiger partial charge >= 0.3 is 5.97 Å². The summed E-state index contributed by atoms with van der Waals surface area (Å²) in [6.45, 7) is -0.710. The van der Waals surface area contributed by atoms with Crippen LogP contribution < -0.4 is 9.47 Å². The number of methoxy groups -OCH3 is 1. The van der Waals surface area contributed by atoms with Crippen molar-refractivity contribution in [3.63, 3.8) is 0 Å².